The van der Waals surface area contributed by atoms with Crippen LogP contribution in [-0.4, -0.2) is 41.6 Å². The van der Waals surface area contributed by atoms with Crippen LogP contribution in [0, 0.1) is 0 Å². The molecule has 39 heavy (non-hydrogen) atoms. The number of phenols is 1. The van der Waals surface area contributed by atoms with E-state index in [0.29, 0.717) is 17.5 Å². The molecule has 0 spiro atoms. The second kappa shape index (κ2) is 13.6. The van der Waals surface area contributed by atoms with E-state index < -0.39 is 24.0 Å². The summed E-state index contributed by atoms with van der Waals surface area (Å²) in [6, 6.07) is 32.0. The van der Waals surface area contributed by atoms with E-state index >= 15 is 0 Å². The van der Waals surface area contributed by atoms with Crippen molar-refractivity contribution >= 4 is 17.8 Å². The van der Waals surface area contributed by atoms with Crippen LogP contribution in [0.5, 0.6) is 5.75 Å². The van der Waals surface area contributed by atoms with Gasteiger partial charge in [0, 0.05) is 17.5 Å². The lowest BCUT2D eigenvalue weighted by Crippen LogP contribution is -2.46. The van der Waals surface area contributed by atoms with Gasteiger partial charge >= 0.3 is 5.97 Å². The van der Waals surface area contributed by atoms with Crippen molar-refractivity contribution in [2.75, 3.05) is 6.61 Å². The van der Waals surface area contributed by atoms with Crippen molar-refractivity contribution in [3.63, 3.8) is 0 Å². The molecule has 0 heterocycles. The number of carbonyl (C=O) groups is 3. The van der Waals surface area contributed by atoms with Gasteiger partial charge in [0.2, 0.25) is 0 Å². The van der Waals surface area contributed by atoms with Crippen molar-refractivity contribution in [3.8, 4) is 5.75 Å². The first-order valence-corrected chi connectivity index (χ1v) is 12.7. The predicted molar refractivity (Wildman–Crippen MR) is 148 cm³/mol. The number of carbonyl (C=O) groups excluding carboxylic acids is 3. The summed E-state index contributed by atoms with van der Waals surface area (Å²) in [7, 11) is 0. The van der Waals surface area contributed by atoms with Gasteiger partial charge in [-0.3, -0.25) is 9.59 Å². The lowest BCUT2D eigenvalue weighted by atomic mass is 10.0. The Hall–Kier alpha value is -4.91. The Morgan fingerprint density at radius 1 is 0.615 bits per heavy atom. The van der Waals surface area contributed by atoms with E-state index in [9.17, 15) is 19.5 Å². The van der Waals surface area contributed by atoms with Crippen LogP contribution in [-0.2, 0) is 22.4 Å². The number of ether oxygens (including phenoxy) is 1. The second-order valence-corrected chi connectivity index (χ2v) is 9.12. The predicted octanol–water partition coefficient (Wildman–Crippen LogP) is 4.32. The highest BCUT2D eigenvalue weighted by atomic mass is 16.5. The Kier molecular flexibility index (Phi) is 9.45. The molecular weight excluding hydrogens is 492 g/mol. The van der Waals surface area contributed by atoms with Gasteiger partial charge in [-0.05, 0) is 53.9 Å². The molecule has 0 saturated heterocycles. The fourth-order valence-electron chi connectivity index (χ4n) is 4.08. The molecule has 0 saturated carbocycles. The molecule has 0 aliphatic carbocycles. The number of nitrogens with one attached hydrogen (secondary N) is 2. The van der Waals surface area contributed by atoms with Crippen LogP contribution in [0.15, 0.2) is 115 Å². The number of hydrogen-bond acceptors (Lipinski definition) is 5. The summed E-state index contributed by atoms with van der Waals surface area (Å²) >= 11 is 0. The first-order chi connectivity index (χ1) is 19.0. The topological polar surface area (TPSA) is 105 Å². The van der Waals surface area contributed by atoms with E-state index in [4.69, 9.17) is 4.74 Å². The summed E-state index contributed by atoms with van der Waals surface area (Å²) in [6.07, 6.45) is 0.614. The first-order valence-electron chi connectivity index (χ1n) is 12.7. The van der Waals surface area contributed by atoms with E-state index in [2.05, 4.69) is 10.6 Å². The molecule has 0 aliphatic heterocycles. The highest BCUT2D eigenvalue weighted by Gasteiger charge is 2.25. The van der Waals surface area contributed by atoms with Gasteiger partial charge in [-0.15, -0.1) is 0 Å². The molecule has 2 amide bonds. The molecule has 2 atom stereocenters. The fourth-order valence-corrected chi connectivity index (χ4v) is 4.08. The van der Waals surface area contributed by atoms with Crippen LogP contribution >= 0.6 is 0 Å². The van der Waals surface area contributed by atoms with E-state index in [1.807, 2.05) is 36.4 Å². The van der Waals surface area contributed by atoms with E-state index in [-0.39, 0.29) is 24.7 Å². The minimum Gasteiger partial charge on any atom is -0.508 e. The monoisotopic (exact) mass is 522 g/mol. The zero-order valence-electron chi connectivity index (χ0n) is 21.3. The van der Waals surface area contributed by atoms with Crippen LogP contribution in [0.3, 0.4) is 0 Å². The number of aromatic hydroxyl groups is 1. The quantitative estimate of drug-likeness (QED) is 0.255. The maximum absolute atomic E-state index is 13.3. The zero-order chi connectivity index (χ0) is 27.5. The summed E-state index contributed by atoms with van der Waals surface area (Å²) in [4.78, 5) is 39.0. The van der Waals surface area contributed by atoms with Crippen LogP contribution < -0.4 is 10.6 Å². The molecule has 0 bridgehead atoms. The molecular formula is C32H30N2O5. The van der Waals surface area contributed by atoms with Gasteiger partial charge < -0.3 is 20.5 Å². The number of rotatable bonds is 11. The van der Waals surface area contributed by atoms with Crippen molar-refractivity contribution < 1.29 is 24.2 Å². The second-order valence-electron chi connectivity index (χ2n) is 9.12. The molecule has 0 aromatic heterocycles. The van der Waals surface area contributed by atoms with Crippen molar-refractivity contribution in [1.29, 1.82) is 0 Å². The van der Waals surface area contributed by atoms with Gasteiger partial charge in [-0.25, -0.2) is 4.79 Å². The van der Waals surface area contributed by atoms with Crippen LogP contribution in [0.25, 0.3) is 0 Å². The third-order valence-corrected chi connectivity index (χ3v) is 6.12. The van der Waals surface area contributed by atoms with Crippen molar-refractivity contribution in [2.45, 2.75) is 24.9 Å². The zero-order valence-corrected chi connectivity index (χ0v) is 21.3. The lowest BCUT2D eigenvalue weighted by molar-refractivity contribution is -0.146. The lowest BCUT2D eigenvalue weighted by Gasteiger charge is -2.22. The van der Waals surface area contributed by atoms with Gasteiger partial charge in [0.05, 0.1) is 6.04 Å². The molecule has 0 fully saturated rings. The molecule has 198 valence electrons. The third-order valence-electron chi connectivity index (χ3n) is 6.12. The molecule has 3 N–H and O–H groups in total. The van der Waals surface area contributed by atoms with Gasteiger partial charge in [-0.2, -0.15) is 0 Å². The van der Waals surface area contributed by atoms with Crippen molar-refractivity contribution in [1.82, 2.24) is 10.6 Å². The summed E-state index contributed by atoms with van der Waals surface area (Å²) in [6.45, 7) is -0.0837. The molecule has 4 rings (SSSR count). The van der Waals surface area contributed by atoms with Crippen LogP contribution in [0.4, 0.5) is 0 Å². The first kappa shape index (κ1) is 27.1. The number of hydrogen-bond donors (Lipinski definition) is 3. The maximum atomic E-state index is 13.3. The van der Waals surface area contributed by atoms with Crippen molar-refractivity contribution in [2.24, 2.45) is 0 Å². The number of esters is 1. The Labute approximate surface area is 227 Å². The summed E-state index contributed by atoms with van der Waals surface area (Å²) in [5.74, 6) is -1.20. The van der Waals surface area contributed by atoms with Crippen molar-refractivity contribution in [3.05, 3.63) is 138 Å². The van der Waals surface area contributed by atoms with Gasteiger partial charge in [-0.1, -0.05) is 78.9 Å². The smallest absolute Gasteiger partial charge is 0.329 e. The highest BCUT2D eigenvalue weighted by Crippen LogP contribution is 2.13. The Balaban J connectivity index is 1.48. The molecule has 0 unspecified atom stereocenters. The van der Waals surface area contributed by atoms with Gasteiger partial charge in [0.25, 0.3) is 11.8 Å². The van der Waals surface area contributed by atoms with Crippen LogP contribution in [0.2, 0.25) is 0 Å². The number of phenolic OH excluding ortho intramolecular Hbond substituents is 1. The van der Waals surface area contributed by atoms with Gasteiger partial charge in [0.15, 0.2) is 0 Å². The molecule has 4 aromatic rings. The van der Waals surface area contributed by atoms with E-state index in [0.717, 1.165) is 11.1 Å². The minimum absolute atomic E-state index is 0.0837. The Morgan fingerprint density at radius 3 is 1.67 bits per heavy atom. The normalized spacial score (nSPS) is 12.1. The number of benzene rings is 4. The summed E-state index contributed by atoms with van der Waals surface area (Å²) in [5, 5.41) is 15.4. The highest BCUT2D eigenvalue weighted by molar-refractivity contribution is 5.97. The van der Waals surface area contributed by atoms with E-state index in [1.165, 1.54) is 12.1 Å². The summed E-state index contributed by atoms with van der Waals surface area (Å²) in [5.41, 5.74) is 2.63. The molecule has 0 radical (unpaired) electrons. The Morgan fingerprint density at radius 2 is 1.10 bits per heavy atom. The molecule has 4 aromatic carbocycles. The SMILES string of the molecule is O=C(N[C@H](COC(=O)[C@H](Cc1ccc(O)cc1)NC(=O)c1ccccc1)Cc1ccccc1)c1ccccc1. The van der Waals surface area contributed by atoms with E-state index in [1.54, 1.807) is 66.7 Å². The molecule has 0 aliphatic rings. The van der Waals surface area contributed by atoms with Gasteiger partial charge in [0.1, 0.15) is 18.4 Å². The minimum atomic E-state index is -0.982. The maximum Gasteiger partial charge on any atom is 0.329 e. The summed E-state index contributed by atoms with van der Waals surface area (Å²) < 4.78 is 5.69. The molecule has 7 heteroatoms. The standard InChI is InChI=1S/C32H30N2O5/c35-28-18-16-24(17-19-28)21-29(34-31(37)26-14-8-3-9-15-26)32(38)39-22-27(20-23-10-4-1-5-11-23)33-30(36)25-12-6-2-7-13-25/h1-19,27,29,35H,20-22H2,(H,33,36)(H,34,37)/t27-,29-/m0/s1. The average molecular weight is 523 g/mol. The number of amides is 2. The molecule has 7 nitrogen and oxygen atoms in total. The fraction of sp³-hybridized carbons (Fsp3) is 0.156. The average Bonchev–Trinajstić information content (AvgIpc) is 2.98. The Bertz CT molecular complexity index is 1360. The third kappa shape index (κ3) is 8.30. The largest absolute Gasteiger partial charge is 0.508 e. The van der Waals surface area contributed by atoms with Crippen LogP contribution in [0.1, 0.15) is 31.8 Å².